The van der Waals surface area contributed by atoms with Crippen molar-refractivity contribution in [1.82, 2.24) is 0 Å². The molecule has 1 rings (SSSR count). The molecule has 2 nitrogen and oxygen atoms in total. The van der Waals surface area contributed by atoms with Crippen molar-refractivity contribution in [2.75, 3.05) is 6.26 Å². The van der Waals surface area contributed by atoms with Crippen molar-refractivity contribution in [3.05, 3.63) is 29.8 Å². The first-order valence-electron chi connectivity index (χ1n) is 4.87. The van der Waals surface area contributed by atoms with Gasteiger partial charge in [0.15, 0.2) is 9.84 Å². The van der Waals surface area contributed by atoms with Crippen LogP contribution in [0.5, 0.6) is 0 Å². The van der Waals surface area contributed by atoms with Gasteiger partial charge in [0.25, 0.3) is 0 Å². The highest BCUT2D eigenvalue weighted by Gasteiger charge is 2.14. The molecule has 1 atom stereocenters. The molecule has 0 aliphatic rings. The number of hydrogen-bond donors (Lipinski definition) is 0. The summed E-state index contributed by atoms with van der Waals surface area (Å²) in [6.45, 7) is 2.07. The Morgan fingerprint density at radius 1 is 1.33 bits per heavy atom. The predicted molar refractivity (Wildman–Crippen MR) is 66.3 cm³/mol. The van der Waals surface area contributed by atoms with Crippen LogP contribution in [0.1, 0.15) is 18.9 Å². The fraction of sp³-hybridized carbons (Fsp3) is 0.455. The van der Waals surface area contributed by atoms with E-state index in [2.05, 4.69) is 22.9 Å². The van der Waals surface area contributed by atoms with E-state index in [-0.39, 0.29) is 0 Å². The minimum atomic E-state index is -3.11. The van der Waals surface area contributed by atoms with Crippen LogP contribution in [0.25, 0.3) is 0 Å². The van der Waals surface area contributed by atoms with Crippen molar-refractivity contribution in [3.8, 4) is 0 Å². The van der Waals surface area contributed by atoms with Gasteiger partial charge in [-0.15, -0.1) is 0 Å². The predicted octanol–water partition coefficient (Wildman–Crippen LogP) is 2.81. The quantitative estimate of drug-likeness (QED) is 0.799. The first kappa shape index (κ1) is 12.7. The summed E-state index contributed by atoms with van der Waals surface area (Å²) in [5, 5.41) is 0. The molecule has 4 heteroatoms. The Kier molecular flexibility index (Phi) is 4.34. The van der Waals surface area contributed by atoms with Crippen LogP contribution in [-0.4, -0.2) is 19.5 Å². The summed E-state index contributed by atoms with van der Waals surface area (Å²) in [6.07, 6.45) is 2.98. The second-order valence-corrected chi connectivity index (χ2v) is 6.87. The lowest BCUT2D eigenvalue weighted by Gasteiger charge is -2.10. The molecule has 15 heavy (non-hydrogen) atoms. The Balaban J connectivity index is 3.08. The molecule has 0 aliphatic carbocycles. The summed E-state index contributed by atoms with van der Waals surface area (Å²) in [7, 11) is -3.11. The maximum Gasteiger partial charge on any atom is 0.175 e. The molecule has 0 bridgehead atoms. The monoisotopic (exact) mass is 290 g/mol. The molecule has 0 saturated heterocycles. The smallest absolute Gasteiger partial charge is 0.175 e. The van der Waals surface area contributed by atoms with Gasteiger partial charge in [0, 0.05) is 11.1 Å². The zero-order chi connectivity index (χ0) is 11.5. The first-order chi connectivity index (χ1) is 6.95. The summed E-state index contributed by atoms with van der Waals surface area (Å²) in [6, 6.07) is 7.18. The fourth-order valence-corrected chi connectivity index (χ4v) is 2.72. The normalized spacial score (nSPS) is 13.8. The van der Waals surface area contributed by atoms with Gasteiger partial charge in [-0.25, -0.2) is 8.42 Å². The summed E-state index contributed by atoms with van der Waals surface area (Å²) < 4.78 is 23.0. The van der Waals surface area contributed by atoms with Crippen LogP contribution in [0.4, 0.5) is 0 Å². The van der Waals surface area contributed by atoms with Crippen molar-refractivity contribution in [3.63, 3.8) is 0 Å². The van der Waals surface area contributed by atoms with Gasteiger partial charge in [0.1, 0.15) is 0 Å². The van der Waals surface area contributed by atoms with Crippen molar-refractivity contribution in [2.45, 2.75) is 29.5 Å². The fourth-order valence-electron chi connectivity index (χ4n) is 1.42. The molecule has 1 aromatic rings. The molecule has 1 aromatic carbocycles. The van der Waals surface area contributed by atoms with Gasteiger partial charge in [0.05, 0.1) is 4.90 Å². The minimum absolute atomic E-state index is 0.334. The molecule has 0 aromatic heterocycles. The minimum Gasteiger partial charge on any atom is -0.224 e. The van der Waals surface area contributed by atoms with Gasteiger partial charge in [0.2, 0.25) is 0 Å². The van der Waals surface area contributed by atoms with E-state index in [9.17, 15) is 8.42 Å². The Labute approximate surface area is 99.7 Å². The summed E-state index contributed by atoms with van der Waals surface area (Å²) in [5.74, 6) is 0. The van der Waals surface area contributed by atoms with Crippen LogP contribution in [0.2, 0.25) is 0 Å². The zero-order valence-electron chi connectivity index (χ0n) is 8.90. The Bertz CT molecular complexity index is 426. The molecule has 0 spiro atoms. The number of hydrogen-bond acceptors (Lipinski definition) is 2. The van der Waals surface area contributed by atoms with E-state index in [1.807, 2.05) is 12.1 Å². The number of sulfone groups is 1. The molecule has 0 N–H and O–H groups in total. The highest BCUT2D eigenvalue weighted by molar-refractivity contribution is 9.09. The molecule has 0 heterocycles. The molecular formula is C11H15BrO2S. The lowest BCUT2D eigenvalue weighted by atomic mass is 10.1. The number of alkyl halides is 1. The molecule has 84 valence electrons. The average Bonchev–Trinajstić information content (AvgIpc) is 2.17. The van der Waals surface area contributed by atoms with Crippen LogP contribution in [-0.2, 0) is 16.3 Å². The first-order valence-corrected chi connectivity index (χ1v) is 7.68. The third kappa shape index (κ3) is 3.61. The standard InChI is InChI=1S/C11H15BrO2S/c1-3-10(12)8-9-6-4-5-7-11(9)15(2,13)14/h4-7,10H,3,8H2,1-2H3. The largest absolute Gasteiger partial charge is 0.224 e. The second-order valence-electron chi connectivity index (χ2n) is 3.59. The number of benzene rings is 1. The van der Waals surface area contributed by atoms with Crippen molar-refractivity contribution >= 4 is 25.8 Å². The Morgan fingerprint density at radius 3 is 2.47 bits per heavy atom. The Hall–Kier alpha value is -0.350. The van der Waals surface area contributed by atoms with Crippen LogP contribution < -0.4 is 0 Å². The van der Waals surface area contributed by atoms with Crippen molar-refractivity contribution in [1.29, 1.82) is 0 Å². The molecule has 0 amide bonds. The summed E-state index contributed by atoms with van der Waals surface area (Å²) in [4.78, 5) is 0.781. The Morgan fingerprint density at radius 2 is 1.93 bits per heavy atom. The van der Waals surface area contributed by atoms with E-state index < -0.39 is 9.84 Å². The molecular weight excluding hydrogens is 276 g/mol. The van der Waals surface area contributed by atoms with E-state index >= 15 is 0 Å². The lowest BCUT2D eigenvalue weighted by Crippen LogP contribution is -2.07. The lowest BCUT2D eigenvalue weighted by molar-refractivity contribution is 0.600. The number of rotatable bonds is 4. The van der Waals surface area contributed by atoms with Crippen LogP contribution >= 0.6 is 15.9 Å². The maximum atomic E-state index is 11.5. The van der Waals surface area contributed by atoms with Crippen LogP contribution in [0.3, 0.4) is 0 Å². The van der Waals surface area contributed by atoms with Crippen LogP contribution in [0, 0.1) is 0 Å². The third-order valence-electron chi connectivity index (χ3n) is 2.26. The third-order valence-corrected chi connectivity index (χ3v) is 4.42. The average molecular weight is 291 g/mol. The summed E-state index contributed by atoms with van der Waals surface area (Å²) in [5.41, 5.74) is 0.892. The zero-order valence-corrected chi connectivity index (χ0v) is 11.3. The van der Waals surface area contributed by atoms with Gasteiger partial charge in [-0.05, 0) is 24.5 Å². The molecule has 0 radical (unpaired) electrons. The van der Waals surface area contributed by atoms with E-state index in [1.165, 1.54) is 6.26 Å². The maximum absolute atomic E-state index is 11.5. The van der Waals surface area contributed by atoms with Gasteiger partial charge in [-0.3, -0.25) is 0 Å². The van der Waals surface area contributed by atoms with Crippen molar-refractivity contribution < 1.29 is 8.42 Å². The molecule has 0 fully saturated rings. The molecule has 0 saturated carbocycles. The van der Waals surface area contributed by atoms with Gasteiger partial charge >= 0.3 is 0 Å². The highest BCUT2D eigenvalue weighted by atomic mass is 79.9. The van der Waals surface area contributed by atoms with Crippen molar-refractivity contribution in [2.24, 2.45) is 0 Å². The van der Waals surface area contributed by atoms with E-state index in [0.29, 0.717) is 9.72 Å². The second kappa shape index (κ2) is 5.12. The highest BCUT2D eigenvalue weighted by Crippen LogP contribution is 2.20. The van der Waals surface area contributed by atoms with Crippen LogP contribution in [0.15, 0.2) is 29.2 Å². The van der Waals surface area contributed by atoms with E-state index in [4.69, 9.17) is 0 Å². The van der Waals surface area contributed by atoms with E-state index in [1.54, 1.807) is 12.1 Å². The summed E-state index contributed by atoms with van der Waals surface area (Å²) >= 11 is 3.52. The van der Waals surface area contributed by atoms with Gasteiger partial charge in [-0.2, -0.15) is 0 Å². The number of halogens is 1. The van der Waals surface area contributed by atoms with Gasteiger partial charge in [-0.1, -0.05) is 41.1 Å². The van der Waals surface area contributed by atoms with E-state index in [0.717, 1.165) is 18.4 Å². The topological polar surface area (TPSA) is 34.1 Å². The SMILES string of the molecule is CCC(Br)Cc1ccccc1S(C)(=O)=O. The molecule has 1 unspecified atom stereocenters. The molecule has 0 aliphatic heterocycles. The van der Waals surface area contributed by atoms with Gasteiger partial charge < -0.3 is 0 Å².